The molecule has 1 fully saturated rings. The fourth-order valence-electron chi connectivity index (χ4n) is 3.07. The first kappa shape index (κ1) is 15.3. The van der Waals surface area contributed by atoms with Crippen molar-refractivity contribution in [2.75, 3.05) is 33.7 Å². The predicted molar refractivity (Wildman–Crippen MR) is 91.1 cm³/mol. The number of hydrogen-bond acceptors (Lipinski definition) is 3. The summed E-state index contributed by atoms with van der Waals surface area (Å²) in [6.45, 7) is 4.26. The Hall–Kier alpha value is -1.65. The van der Waals surface area contributed by atoms with Crippen LogP contribution in [0.15, 0.2) is 36.5 Å². The summed E-state index contributed by atoms with van der Waals surface area (Å²) in [7, 11) is 4.25. The molecule has 0 spiro atoms. The van der Waals surface area contributed by atoms with Gasteiger partial charge in [-0.05, 0) is 40.0 Å². The second-order valence-electron chi connectivity index (χ2n) is 6.37. The second-order valence-corrected chi connectivity index (χ2v) is 6.37. The lowest BCUT2D eigenvalue weighted by Gasteiger charge is -2.23. The van der Waals surface area contributed by atoms with Gasteiger partial charge in [-0.1, -0.05) is 30.3 Å². The first-order chi connectivity index (χ1) is 10.7. The second kappa shape index (κ2) is 7.07. The van der Waals surface area contributed by atoms with Crippen LogP contribution in [0.5, 0.6) is 0 Å². The van der Waals surface area contributed by atoms with Crippen LogP contribution in [0.1, 0.15) is 24.6 Å². The van der Waals surface area contributed by atoms with Crippen LogP contribution < -0.4 is 5.32 Å². The molecule has 1 aliphatic heterocycles. The van der Waals surface area contributed by atoms with Crippen LogP contribution in [-0.4, -0.2) is 48.2 Å². The molecule has 1 aliphatic rings. The Labute approximate surface area is 133 Å². The number of nitrogens with zero attached hydrogens (tertiary/aromatic N) is 3. The van der Waals surface area contributed by atoms with E-state index in [1.165, 1.54) is 24.2 Å². The minimum atomic E-state index is 0.584. The lowest BCUT2D eigenvalue weighted by Crippen LogP contribution is -2.28. The summed E-state index contributed by atoms with van der Waals surface area (Å²) in [5.41, 5.74) is 2.31. The molecule has 3 rings (SSSR count). The average Bonchev–Trinajstić information content (AvgIpc) is 2.99. The Kier molecular flexibility index (Phi) is 4.90. The van der Waals surface area contributed by atoms with Gasteiger partial charge in [0.2, 0.25) is 0 Å². The molecule has 22 heavy (non-hydrogen) atoms. The van der Waals surface area contributed by atoms with Crippen LogP contribution in [0.25, 0.3) is 11.3 Å². The molecule has 1 aromatic heterocycles. The topological polar surface area (TPSA) is 33.1 Å². The lowest BCUT2D eigenvalue weighted by molar-refractivity contribution is 0.369. The maximum Gasteiger partial charge on any atom is 0.112 e. The fraction of sp³-hybridized carbons (Fsp3) is 0.500. The van der Waals surface area contributed by atoms with Gasteiger partial charge >= 0.3 is 0 Å². The van der Waals surface area contributed by atoms with E-state index in [1.54, 1.807) is 0 Å². The summed E-state index contributed by atoms with van der Waals surface area (Å²) in [6, 6.07) is 10.5. The van der Waals surface area contributed by atoms with Crippen molar-refractivity contribution >= 4 is 0 Å². The minimum Gasteiger partial charge on any atom is -0.333 e. The number of rotatable bonds is 5. The molecule has 0 radical (unpaired) electrons. The number of aromatic nitrogens is 2. The number of benzene rings is 1. The summed E-state index contributed by atoms with van der Waals surface area (Å²) in [6.07, 6.45) is 4.61. The molecule has 0 saturated carbocycles. The standard InChI is InChI=1S/C18H26N4/c1-21(2)12-13-22-14-17(15-6-4-3-5-7-15)20-18(22)16-8-10-19-11-9-16/h3-7,14,16,19H,8-13H2,1-2H3. The van der Waals surface area contributed by atoms with Gasteiger partial charge in [-0.25, -0.2) is 4.98 Å². The Morgan fingerprint density at radius 1 is 1.18 bits per heavy atom. The maximum atomic E-state index is 5.00. The normalized spacial score (nSPS) is 16.3. The number of hydrogen-bond donors (Lipinski definition) is 1. The summed E-state index contributed by atoms with van der Waals surface area (Å²) in [5, 5.41) is 3.45. The van der Waals surface area contributed by atoms with Crippen LogP contribution in [-0.2, 0) is 6.54 Å². The van der Waals surface area contributed by atoms with Gasteiger partial charge in [0.15, 0.2) is 0 Å². The van der Waals surface area contributed by atoms with E-state index in [0.717, 1.165) is 31.9 Å². The Bertz CT molecular complexity index is 582. The molecule has 4 heteroatoms. The molecular weight excluding hydrogens is 272 g/mol. The zero-order chi connectivity index (χ0) is 15.4. The lowest BCUT2D eigenvalue weighted by atomic mass is 9.97. The molecule has 4 nitrogen and oxygen atoms in total. The molecule has 1 aromatic carbocycles. The Morgan fingerprint density at radius 2 is 1.91 bits per heavy atom. The molecular formula is C18H26N4. The van der Waals surface area contributed by atoms with Crippen LogP contribution in [0, 0.1) is 0 Å². The van der Waals surface area contributed by atoms with Crippen molar-refractivity contribution in [3.05, 3.63) is 42.4 Å². The van der Waals surface area contributed by atoms with Crippen molar-refractivity contribution in [2.45, 2.75) is 25.3 Å². The number of nitrogens with one attached hydrogen (secondary N) is 1. The van der Waals surface area contributed by atoms with E-state index in [9.17, 15) is 0 Å². The van der Waals surface area contributed by atoms with Gasteiger partial charge in [-0.3, -0.25) is 0 Å². The van der Waals surface area contributed by atoms with Gasteiger partial charge in [0.05, 0.1) is 5.69 Å². The van der Waals surface area contributed by atoms with Crippen molar-refractivity contribution in [1.29, 1.82) is 0 Å². The van der Waals surface area contributed by atoms with Crippen molar-refractivity contribution in [3.8, 4) is 11.3 Å². The largest absolute Gasteiger partial charge is 0.333 e. The van der Waals surface area contributed by atoms with Crippen molar-refractivity contribution < 1.29 is 0 Å². The monoisotopic (exact) mass is 298 g/mol. The molecule has 0 amide bonds. The molecule has 1 saturated heterocycles. The van der Waals surface area contributed by atoms with Gasteiger partial charge in [0, 0.05) is 30.8 Å². The molecule has 118 valence electrons. The van der Waals surface area contributed by atoms with Gasteiger partial charge in [0.1, 0.15) is 5.82 Å². The third kappa shape index (κ3) is 3.57. The maximum absolute atomic E-state index is 5.00. The van der Waals surface area contributed by atoms with Gasteiger partial charge in [0.25, 0.3) is 0 Å². The highest BCUT2D eigenvalue weighted by atomic mass is 15.1. The Balaban J connectivity index is 1.89. The van der Waals surface area contributed by atoms with E-state index in [1.807, 2.05) is 0 Å². The molecule has 0 bridgehead atoms. The predicted octanol–water partition coefficient (Wildman–Crippen LogP) is 2.58. The summed E-state index contributed by atoms with van der Waals surface area (Å²) in [5.74, 6) is 1.85. The summed E-state index contributed by atoms with van der Waals surface area (Å²) in [4.78, 5) is 7.23. The van der Waals surface area contributed by atoms with Gasteiger partial charge < -0.3 is 14.8 Å². The third-order valence-electron chi connectivity index (χ3n) is 4.37. The highest BCUT2D eigenvalue weighted by Crippen LogP contribution is 2.28. The van der Waals surface area contributed by atoms with Crippen LogP contribution in [0.3, 0.4) is 0 Å². The van der Waals surface area contributed by atoms with E-state index in [-0.39, 0.29) is 0 Å². The van der Waals surface area contributed by atoms with Crippen molar-refractivity contribution in [1.82, 2.24) is 19.8 Å². The van der Waals surface area contributed by atoms with Crippen LogP contribution in [0.4, 0.5) is 0 Å². The number of imidazole rings is 1. The van der Waals surface area contributed by atoms with Crippen LogP contribution in [0.2, 0.25) is 0 Å². The minimum absolute atomic E-state index is 0.584. The molecule has 2 heterocycles. The van der Waals surface area contributed by atoms with E-state index in [2.05, 4.69) is 65.4 Å². The third-order valence-corrected chi connectivity index (χ3v) is 4.37. The molecule has 0 aliphatic carbocycles. The van der Waals surface area contributed by atoms with E-state index in [0.29, 0.717) is 5.92 Å². The Morgan fingerprint density at radius 3 is 2.59 bits per heavy atom. The smallest absolute Gasteiger partial charge is 0.112 e. The molecule has 1 N–H and O–H groups in total. The number of likely N-dealkylation sites (N-methyl/N-ethyl adjacent to an activating group) is 1. The molecule has 0 atom stereocenters. The van der Waals surface area contributed by atoms with Crippen molar-refractivity contribution in [2.24, 2.45) is 0 Å². The highest BCUT2D eigenvalue weighted by Gasteiger charge is 2.21. The van der Waals surface area contributed by atoms with Gasteiger partial charge in [-0.15, -0.1) is 0 Å². The van der Waals surface area contributed by atoms with E-state index >= 15 is 0 Å². The van der Waals surface area contributed by atoms with Crippen LogP contribution >= 0.6 is 0 Å². The van der Waals surface area contributed by atoms with E-state index < -0.39 is 0 Å². The average molecular weight is 298 g/mol. The summed E-state index contributed by atoms with van der Waals surface area (Å²) < 4.78 is 2.37. The SMILES string of the molecule is CN(C)CCn1cc(-c2ccccc2)nc1C1CCNCC1. The number of piperidine rings is 1. The highest BCUT2D eigenvalue weighted by molar-refractivity contribution is 5.58. The quantitative estimate of drug-likeness (QED) is 0.921. The zero-order valence-corrected chi connectivity index (χ0v) is 13.6. The van der Waals surface area contributed by atoms with Gasteiger partial charge in [-0.2, -0.15) is 0 Å². The summed E-state index contributed by atoms with van der Waals surface area (Å²) >= 11 is 0. The zero-order valence-electron chi connectivity index (χ0n) is 13.6. The first-order valence-electron chi connectivity index (χ1n) is 8.22. The molecule has 2 aromatic rings. The van der Waals surface area contributed by atoms with E-state index in [4.69, 9.17) is 4.98 Å². The first-order valence-corrected chi connectivity index (χ1v) is 8.22. The fourth-order valence-corrected chi connectivity index (χ4v) is 3.07. The molecule has 0 unspecified atom stereocenters. The van der Waals surface area contributed by atoms with Crippen molar-refractivity contribution in [3.63, 3.8) is 0 Å².